The number of hydrogen-bond donors (Lipinski definition) is 3. The molecule has 9 heteroatoms. The fourth-order valence-electron chi connectivity index (χ4n) is 5.39. The van der Waals surface area contributed by atoms with Crippen LogP contribution in [0.25, 0.3) is 0 Å². The summed E-state index contributed by atoms with van der Waals surface area (Å²) in [4.78, 5) is 4.53. The minimum Gasteiger partial charge on any atom is -0.405 e. The Kier molecular flexibility index (Phi) is 12.7. The fraction of sp³-hybridized carbons (Fsp3) is 0.655. The van der Waals surface area contributed by atoms with E-state index in [0.29, 0.717) is 30.5 Å². The number of halogens is 1. The molecule has 1 saturated carbocycles. The number of nitrogens with one attached hydrogen (secondary N) is 1. The maximum Gasteiger partial charge on any atom is 0.123 e. The van der Waals surface area contributed by atoms with E-state index in [1.54, 1.807) is 24.3 Å². The highest BCUT2D eigenvalue weighted by atomic mass is 32.2. The lowest BCUT2D eigenvalue weighted by atomic mass is 9.82. The molecule has 2 saturated heterocycles. The van der Waals surface area contributed by atoms with E-state index in [1.165, 1.54) is 12.3 Å². The standard InChI is InChI=1S/C27H43FN6OS.C2H6/c1-32(2)24-17-34(18-24)36-31-26-12-14-33(27(30)7-4-13-29)16-22(26)19-35-25-10-8-20(9-11-25)21-5-3-6-23(28)15-21;1-2/h3-7,13,15,20,22,24-26,31H,8-12,14,16-19,29-30H2,1-2H3;1-2H3/b13-4-,27-7+;. The largest absolute Gasteiger partial charge is 0.405 e. The molecule has 0 amide bonds. The van der Waals surface area contributed by atoms with Crippen LogP contribution in [-0.4, -0.2) is 79.2 Å². The van der Waals surface area contributed by atoms with Crippen LogP contribution < -0.4 is 16.2 Å². The maximum absolute atomic E-state index is 13.6. The number of nitrogens with zero attached hydrogens (tertiary/aromatic N) is 3. The fourth-order valence-corrected chi connectivity index (χ4v) is 6.48. The summed E-state index contributed by atoms with van der Waals surface area (Å²) in [5, 5.41) is 0. The highest BCUT2D eigenvalue weighted by Crippen LogP contribution is 2.35. The molecule has 2 aliphatic heterocycles. The number of piperidine rings is 1. The molecule has 4 rings (SSSR count). The zero-order chi connectivity index (χ0) is 27.5. The minimum atomic E-state index is -0.144. The first-order valence-corrected chi connectivity index (χ1v) is 15.0. The smallest absolute Gasteiger partial charge is 0.123 e. The molecule has 2 unspecified atom stereocenters. The number of hydrogen-bond acceptors (Lipinski definition) is 8. The maximum atomic E-state index is 13.6. The van der Waals surface area contributed by atoms with Gasteiger partial charge in [0.2, 0.25) is 0 Å². The van der Waals surface area contributed by atoms with Crippen LogP contribution >= 0.6 is 12.1 Å². The molecular formula is C29H49FN6OS. The van der Waals surface area contributed by atoms with Crippen molar-refractivity contribution in [2.24, 2.45) is 17.4 Å². The van der Waals surface area contributed by atoms with Gasteiger partial charge in [-0.25, -0.2) is 13.4 Å². The van der Waals surface area contributed by atoms with Crippen molar-refractivity contribution in [1.29, 1.82) is 0 Å². The van der Waals surface area contributed by atoms with E-state index < -0.39 is 0 Å². The van der Waals surface area contributed by atoms with Crippen molar-refractivity contribution in [2.45, 2.75) is 70.1 Å². The number of benzene rings is 1. The number of allylic oxidation sites excluding steroid dienone is 2. The Bertz CT molecular complexity index is 886. The first-order valence-electron chi connectivity index (χ1n) is 14.2. The molecule has 1 aromatic rings. The van der Waals surface area contributed by atoms with Gasteiger partial charge in [-0.3, -0.25) is 0 Å². The summed E-state index contributed by atoms with van der Waals surface area (Å²) in [5.41, 5.74) is 12.9. The molecule has 214 valence electrons. The van der Waals surface area contributed by atoms with Crippen molar-refractivity contribution in [3.63, 3.8) is 0 Å². The zero-order valence-electron chi connectivity index (χ0n) is 23.7. The summed E-state index contributed by atoms with van der Waals surface area (Å²) >= 11 is 1.76. The molecule has 7 nitrogen and oxygen atoms in total. The van der Waals surface area contributed by atoms with Gasteiger partial charge in [-0.15, -0.1) is 0 Å². The van der Waals surface area contributed by atoms with Gasteiger partial charge in [-0.05, 0) is 88.2 Å². The molecule has 3 aliphatic rings. The normalized spacial score (nSPS) is 27.3. The van der Waals surface area contributed by atoms with Gasteiger partial charge in [-0.2, -0.15) is 0 Å². The summed E-state index contributed by atoms with van der Waals surface area (Å²) in [6.07, 6.45) is 10.6. The van der Waals surface area contributed by atoms with Crippen LogP contribution in [0.1, 0.15) is 57.4 Å². The summed E-state index contributed by atoms with van der Waals surface area (Å²) < 4.78 is 26.3. The van der Waals surface area contributed by atoms with E-state index in [0.717, 1.165) is 69.7 Å². The molecule has 3 fully saturated rings. The number of likely N-dealkylation sites (N-methyl/N-ethyl adjacent to an activating group) is 1. The summed E-state index contributed by atoms with van der Waals surface area (Å²) in [7, 11) is 4.29. The third-order valence-electron chi connectivity index (χ3n) is 7.91. The lowest BCUT2D eigenvalue weighted by molar-refractivity contribution is -0.0136. The zero-order valence-corrected chi connectivity index (χ0v) is 24.5. The first kappa shape index (κ1) is 30.8. The van der Waals surface area contributed by atoms with Crippen LogP contribution in [0.2, 0.25) is 0 Å². The van der Waals surface area contributed by atoms with Gasteiger partial charge in [0.25, 0.3) is 0 Å². The van der Waals surface area contributed by atoms with Crippen molar-refractivity contribution in [1.82, 2.24) is 18.8 Å². The lowest BCUT2D eigenvalue weighted by Crippen LogP contribution is -2.56. The number of likely N-dealkylation sites (tertiary alicyclic amines) is 1. The van der Waals surface area contributed by atoms with Crippen LogP contribution in [0.5, 0.6) is 0 Å². The van der Waals surface area contributed by atoms with Gasteiger partial charge >= 0.3 is 0 Å². The van der Waals surface area contributed by atoms with Gasteiger partial charge < -0.3 is 26.0 Å². The molecule has 0 spiro atoms. The second-order valence-electron chi connectivity index (χ2n) is 10.6. The molecule has 2 heterocycles. The van der Waals surface area contributed by atoms with Gasteiger partial charge in [0.1, 0.15) is 5.82 Å². The third kappa shape index (κ3) is 8.88. The van der Waals surface area contributed by atoms with Gasteiger partial charge in [0.15, 0.2) is 0 Å². The van der Waals surface area contributed by atoms with Crippen LogP contribution in [-0.2, 0) is 4.74 Å². The molecule has 1 aromatic carbocycles. The predicted octanol–water partition coefficient (Wildman–Crippen LogP) is 4.26. The predicted molar refractivity (Wildman–Crippen MR) is 158 cm³/mol. The molecule has 2 atom stereocenters. The Morgan fingerprint density at radius 2 is 1.89 bits per heavy atom. The van der Waals surface area contributed by atoms with Crippen molar-refractivity contribution in [3.8, 4) is 0 Å². The Morgan fingerprint density at radius 3 is 2.55 bits per heavy atom. The lowest BCUT2D eigenvalue weighted by Gasteiger charge is -2.44. The van der Waals surface area contributed by atoms with E-state index in [4.69, 9.17) is 16.2 Å². The first-order chi connectivity index (χ1) is 18.4. The average molecular weight is 549 g/mol. The molecule has 0 radical (unpaired) electrons. The van der Waals surface area contributed by atoms with Crippen molar-refractivity contribution in [3.05, 3.63) is 59.8 Å². The van der Waals surface area contributed by atoms with E-state index >= 15 is 0 Å². The van der Waals surface area contributed by atoms with Gasteiger partial charge in [0.05, 0.1) is 18.5 Å². The summed E-state index contributed by atoms with van der Waals surface area (Å²) in [6, 6.07) is 8.08. The van der Waals surface area contributed by atoms with Crippen molar-refractivity contribution in [2.75, 3.05) is 46.9 Å². The highest BCUT2D eigenvalue weighted by Gasteiger charge is 2.34. The molecule has 0 aromatic heterocycles. The molecule has 5 N–H and O–H groups in total. The number of rotatable bonds is 10. The Balaban J connectivity index is 0.00000195. The molecular weight excluding hydrogens is 499 g/mol. The van der Waals surface area contributed by atoms with Crippen LogP contribution in [0.4, 0.5) is 4.39 Å². The quantitative estimate of drug-likeness (QED) is 0.296. The molecule has 0 bridgehead atoms. The molecule has 1 aliphatic carbocycles. The summed E-state index contributed by atoms with van der Waals surface area (Å²) in [6.45, 7) is 8.65. The highest BCUT2D eigenvalue weighted by molar-refractivity contribution is 7.95. The second kappa shape index (κ2) is 15.7. The minimum absolute atomic E-state index is 0.144. The third-order valence-corrected chi connectivity index (χ3v) is 8.87. The average Bonchev–Trinajstić information content (AvgIpc) is 2.91. The van der Waals surface area contributed by atoms with E-state index in [-0.39, 0.29) is 11.9 Å². The summed E-state index contributed by atoms with van der Waals surface area (Å²) in [5.74, 6) is 1.38. The second-order valence-corrected chi connectivity index (χ2v) is 11.5. The molecule has 38 heavy (non-hydrogen) atoms. The number of nitrogens with two attached hydrogens (primary N) is 2. The van der Waals surface area contributed by atoms with Crippen molar-refractivity contribution >= 4 is 12.1 Å². The van der Waals surface area contributed by atoms with Crippen LogP contribution in [0.3, 0.4) is 0 Å². The Labute approximate surface area is 234 Å². The van der Waals surface area contributed by atoms with Crippen LogP contribution in [0.15, 0.2) is 48.4 Å². The number of ether oxygens (including phenoxy) is 1. The van der Waals surface area contributed by atoms with Gasteiger partial charge in [0, 0.05) is 56.3 Å². The van der Waals surface area contributed by atoms with E-state index in [9.17, 15) is 4.39 Å². The Hall–Kier alpha value is -1.78. The van der Waals surface area contributed by atoms with E-state index in [1.807, 2.05) is 26.0 Å². The van der Waals surface area contributed by atoms with Crippen LogP contribution in [0, 0.1) is 11.7 Å². The monoisotopic (exact) mass is 548 g/mol. The Morgan fingerprint density at radius 1 is 1.16 bits per heavy atom. The van der Waals surface area contributed by atoms with Crippen molar-refractivity contribution < 1.29 is 9.13 Å². The van der Waals surface area contributed by atoms with Gasteiger partial charge in [-0.1, -0.05) is 26.0 Å². The topological polar surface area (TPSA) is 83.0 Å². The SMILES string of the molecule is CC.CN(C)C1CN(SNC2CCN(/C(N)=C/C=C\N)CC2COC2CCC(c3cccc(F)c3)CC2)C1. The van der Waals surface area contributed by atoms with E-state index in [2.05, 4.69) is 39.0 Å².